The van der Waals surface area contributed by atoms with Crippen LogP contribution in [0, 0.1) is 0 Å². The second kappa shape index (κ2) is 42.0. The van der Waals surface area contributed by atoms with Gasteiger partial charge in [0.1, 0.15) is 6.69 Å². The molecule has 3 N–H and O–H groups in total. The van der Waals surface area contributed by atoms with Crippen molar-refractivity contribution in [3.63, 3.8) is 0 Å². The van der Waals surface area contributed by atoms with Crippen LogP contribution >= 0.6 is 30.5 Å². The average Bonchev–Trinajstić information content (AvgIpc) is 3.31. The first-order valence-electron chi connectivity index (χ1n) is 24.3. The zero-order valence-electron chi connectivity index (χ0n) is 42.8. The number of hydrogen-bond donors (Lipinski definition) is 3. The molecule has 0 amide bonds. The SMILES string of the molecule is CCCP(=O)(O)O.CCOP(=O)(CCOCCOCCOCCN(Cc1ccccc1)Cc1ccccc1)OCC.C[Si](C)(C)Br.OCCOCCOCCN(Cc1ccccc1)Cc1ccccc1. The Hall–Kier alpha value is -2.44. The van der Waals surface area contributed by atoms with Gasteiger partial charge in [-0.05, 0) is 42.5 Å². The van der Waals surface area contributed by atoms with Crippen LogP contribution in [0.3, 0.4) is 0 Å². The van der Waals surface area contributed by atoms with E-state index in [1.807, 2.05) is 24.3 Å². The van der Waals surface area contributed by atoms with E-state index < -0.39 is 21.9 Å². The van der Waals surface area contributed by atoms with Crippen molar-refractivity contribution < 1.29 is 56.8 Å². The van der Waals surface area contributed by atoms with E-state index >= 15 is 0 Å². The van der Waals surface area contributed by atoms with E-state index in [1.54, 1.807) is 20.8 Å². The summed E-state index contributed by atoms with van der Waals surface area (Å²) in [6, 6.07) is 42.0. The fourth-order valence-electron chi connectivity index (χ4n) is 6.14. The summed E-state index contributed by atoms with van der Waals surface area (Å²) < 4.78 is 60.4. The lowest BCUT2D eigenvalue weighted by atomic mass is 10.1. The van der Waals surface area contributed by atoms with Crippen LogP contribution in [-0.4, -0.2) is 143 Å². The van der Waals surface area contributed by atoms with Crippen LogP contribution in [0.2, 0.25) is 19.6 Å². The van der Waals surface area contributed by atoms with E-state index in [0.717, 1.165) is 39.3 Å². The Morgan fingerprint density at radius 2 is 0.757 bits per heavy atom. The molecule has 0 aliphatic carbocycles. The lowest BCUT2D eigenvalue weighted by molar-refractivity contribution is 0.0116. The summed E-state index contributed by atoms with van der Waals surface area (Å²) >= 11 is 3.51. The Labute approximate surface area is 429 Å². The van der Waals surface area contributed by atoms with Crippen molar-refractivity contribution in [2.24, 2.45) is 0 Å². The van der Waals surface area contributed by atoms with Crippen molar-refractivity contribution in [3.05, 3.63) is 144 Å². The third-order valence-corrected chi connectivity index (χ3v) is 12.2. The first-order chi connectivity index (χ1) is 33.6. The second-order valence-electron chi connectivity index (χ2n) is 16.8. The fourth-order valence-corrected chi connectivity index (χ4v) is 8.19. The lowest BCUT2D eigenvalue weighted by Gasteiger charge is -2.22. The van der Waals surface area contributed by atoms with E-state index in [1.165, 1.54) is 22.3 Å². The fraction of sp³-hybridized carbons (Fsp3) is 0.538. The molecule has 4 aromatic carbocycles. The molecule has 0 unspecified atom stereocenters. The maximum absolute atomic E-state index is 12.3. The molecule has 396 valence electrons. The molecule has 4 rings (SSSR count). The van der Waals surface area contributed by atoms with Gasteiger partial charge in [0, 0.05) is 45.4 Å². The van der Waals surface area contributed by atoms with Crippen LogP contribution in [0.15, 0.2) is 121 Å². The number of hydrogen-bond acceptors (Lipinski definition) is 12. The Morgan fingerprint density at radius 3 is 1.01 bits per heavy atom. The molecule has 0 heterocycles. The van der Waals surface area contributed by atoms with Gasteiger partial charge < -0.3 is 47.6 Å². The third-order valence-electron chi connectivity index (χ3n) is 9.13. The summed E-state index contributed by atoms with van der Waals surface area (Å²) in [5, 5.41) is 8.65. The Kier molecular flexibility index (Phi) is 39.3. The van der Waals surface area contributed by atoms with Gasteiger partial charge in [0.15, 0.2) is 0 Å². The summed E-state index contributed by atoms with van der Waals surface area (Å²) in [6.07, 6.45) is 0.803. The predicted octanol–water partition coefficient (Wildman–Crippen LogP) is 10.5. The highest BCUT2D eigenvalue weighted by molar-refractivity contribution is 9.26. The highest BCUT2D eigenvalue weighted by Crippen LogP contribution is 2.47. The molecule has 0 aliphatic rings. The summed E-state index contributed by atoms with van der Waals surface area (Å²) in [6.45, 7) is 22.3. The number of aliphatic hydroxyl groups is 1. The van der Waals surface area contributed by atoms with Crippen molar-refractivity contribution in [1.82, 2.24) is 9.80 Å². The summed E-state index contributed by atoms with van der Waals surface area (Å²) in [5.74, 6) is 0. The minimum Gasteiger partial charge on any atom is -0.394 e. The molecule has 0 saturated carbocycles. The first-order valence-corrected chi connectivity index (χ1v) is 33.6. The standard InChI is InChI=1S/C26H40NO6P.C20H27NO3.C3H9BrSi.C3H9O3P/c1-3-32-34(28,33-4-2)22-21-31-20-19-30-18-17-29-16-15-27(23-25-11-7-5-8-12-25)24-26-13-9-6-10-14-26;22-12-14-24-16-15-23-13-11-21(17-19-7-3-1-4-8-19)18-20-9-5-2-6-10-20;1-5(2,3)4;1-2-3-7(4,5)6/h5-14H,3-4,15-24H2,1-2H3;1-10,22H,11-18H2;1-3H3;2-3H2,1H3,(H2,4,5,6). The normalized spacial score (nSPS) is 11.6. The molecule has 4 aromatic rings. The van der Waals surface area contributed by atoms with Gasteiger partial charge in [-0.3, -0.25) is 18.9 Å². The number of halogens is 1. The van der Waals surface area contributed by atoms with Gasteiger partial charge >= 0.3 is 15.2 Å². The summed E-state index contributed by atoms with van der Waals surface area (Å²) in [7, 11) is -6.70. The van der Waals surface area contributed by atoms with Crippen molar-refractivity contribution in [2.45, 2.75) is 73.0 Å². The summed E-state index contributed by atoms with van der Waals surface area (Å²) in [4.78, 5) is 21.0. The van der Waals surface area contributed by atoms with Crippen molar-refractivity contribution in [1.29, 1.82) is 0 Å². The topological polar surface area (TPSA) is 166 Å². The lowest BCUT2D eigenvalue weighted by Crippen LogP contribution is -2.27. The summed E-state index contributed by atoms with van der Waals surface area (Å²) in [5.41, 5.74) is 5.20. The molecule has 18 heteroatoms. The molecular weight excluding hydrogens is 1010 g/mol. The zero-order valence-corrected chi connectivity index (χ0v) is 47.2. The minimum absolute atomic E-state index is 0.00694. The molecule has 0 spiro atoms. The highest BCUT2D eigenvalue weighted by Gasteiger charge is 2.23. The third kappa shape index (κ3) is 41.1. The van der Waals surface area contributed by atoms with E-state index in [-0.39, 0.29) is 18.9 Å². The molecule has 0 fully saturated rings. The van der Waals surface area contributed by atoms with E-state index in [2.05, 4.69) is 142 Å². The van der Waals surface area contributed by atoms with Gasteiger partial charge in [-0.15, -0.1) is 15.3 Å². The maximum Gasteiger partial charge on any atom is 0.332 e. The largest absolute Gasteiger partial charge is 0.394 e. The van der Waals surface area contributed by atoms with E-state index in [4.69, 9.17) is 47.6 Å². The van der Waals surface area contributed by atoms with Crippen molar-refractivity contribution >= 4 is 37.2 Å². The molecular formula is C52H85BrN2O12P2Si. The minimum atomic E-state index is -3.67. The zero-order chi connectivity index (χ0) is 51.6. The number of benzene rings is 4. The Morgan fingerprint density at radius 1 is 0.471 bits per heavy atom. The predicted molar refractivity (Wildman–Crippen MR) is 290 cm³/mol. The molecule has 0 aliphatic heterocycles. The van der Waals surface area contributed by atoms with Gasteiger partial charge in [0.2, 0.25) is 0 Å². The van der Waals surface area contributed by atoms with E-state index in [0.29, 0.717) is 85.7 Å². The van der Waals surface area contributed by atoms with Gasteiger partial charge in [-0.1, -0.05) is 148 Å². The molecule has 0 bridgehead atoms. The van der Waals surface area contributed by atoms with Crippen LogP contribution < -0.4 is 0 Å². The van der Waals surface area contributed by atoms with Crippen molar-refractivity contribution in [3.8, 4) is 0 Å². The van der Waals surface area contributed by atoms with Crippen LogP contribution in [-0.2, 0) is 68.0 Å². The van der Waals surface area contributed by atoms with Crippen LogP contribution in [0.1, 0.15) is 49.4 Å². The average molecular weight is 1100 g/mol. The highest BCUT2D eigenvalue weighted by atomic mass is 79.9. The molecule has 14 nitrogen and oxygen atoms in total. The van der Waals surface area contributed by atoms with Crippen molar-refractivity contribution in [2.75, 3.05) is 111 Å². The van der Waals surface area contributed by atoms with Crippen LogP contribution in [0.25, 0.3) is 0 Å². The molecule has 0 aromatic heterocycles. The molecule has 0 atom stereocenters. The number of rotatable bonds is 34. The first kappa shape index (κ1) is 65.6. The van der Waals surface area contributed by atoms with Gasteiger partial charge in [-0.25, -0.2) is 0 Å². The Bertz CT molecular complexity index is 1770. The van der Waals surface area contributed by atoms with Gasteiger partial charge in [0.25, 0.3) is 0 Å². The molecule has 0 radical (unpaired) electrons. The van der Waals surface area contributed by atoms with E-state index in [9.17, 15) is 9.13 Å². The van der Waals surface area contributed by atoms with Crippen LogP contribution in [0.5, 0.6) is 0 Å². The monoisotopic (exact) mass is 1100 g/mol. The second-order valence-corrected chi connectivity index (χ2v) is 32.0. The van der Waals surface area contributed by atoms with Crippen LogP contribution in [0.4, 0.5) is 0 Å². The molecule has 70 heavy (non-hydrogen) atoms. The van der Waals surface area contributed by atoms with Gasteiger partial charge in [0.05, 0.1) is 92.1 Å². The molecule has 0 saturated heterocycles. The smallest absolute Gasteiger partial charge is 0.332 e. The van der Waals surface area contributed by atoms with Gasteiger partial charge in [-0.2, -0.15) is 0 Å². The maximum atomic E-state index is 12.3. The quantitative estimate of drug-likeness (QED) is 0.0175. The Balaban J connectivity index is 0.000000585. The number of aliphatic hydroxyl groups excluding tert-OH is 1. The number of nitrogens with zero attached hydrogens (tertiary/aromatic N) is 2. The number of ether oxygens (including phenoxy) is 5.